The summed E-state index contributed by atoms with van der Waals surface area (Å²) in [4.78, 5) is 11.6. The molecule has 1 unspecified atom stereocenters. The number of hydrogen-bond acceptors (Lipinski definition) is 3. The van der Waals surface area contributed by atoms with E-state index >= 15 is 0 Å². The number of carbonyl (C=O) groups is 1. The van der Waals surface area contributed by atoms with Crippen molar-refractivity contribution in [3.05, 3.63) is 29.3 Å². The third kappa shape index (κ3) is 4.01. The summed E-state index contributed by atoms with van der Waals surface area (Å²) < 4.78 is 16.3. The molecular weight excluding hydrogens is 236 g/mol. The summed E-state index contributed by atoms with van der Waals surface area (Å²) in [5.74, 6) is -0.593. The smallest absolute Gasteiger partial charge is 0.318 e. The second-order valence-electron chi connectivity index (χ2n) is 2.75. The Labute approximate surface area is 95.8 Å². The molecule has 15 heavy (non-hydrogen) atoms. The van der Waals surface area contributed by atoms with Gasteiger partial charge in [-0.1, -0.05) is 17.7 Å². The summed E-state index contributed by atoms with van der Waals surface area (Å²) in [6, 6.07) is 6.63. The van der Waals surface area contributed by atoms with Gasteiger partial charge in [-0.2, -0.15) is 0 Å². The average Bonchev–Trinajstić information content (AvgIpc) is 2.18. The van der Waals surface area contributed by atoms with E-state index in [1.165, 1.54) is 0 Å². The number of hydrogen-bond donors (Lipinski definition) is 0. The molecule has 0 spiro atoms. The van der Waals surface area contributed by atoms with E-state index in [9.17, 15) is 9.00 Å². The molecule has 3 nitrogen and oxygen atoms in total. The molecule has 0 heterocycles. The van der Waals surface area contributed by atoms with E-state index in [4.69, 9.17) is 16.3 Å². The quantitative estimate of drug-likeness (QED) is 0.764. The zero-order chi connectivity index (χ0) is 11.3. The molecular formula is C10H11ClO3S. The summed E-state index contributed by atoms with van der Waals surface area (Å²) in [7, 11) is -1.38. The van der Waals surface area contributed by atoms with Gasteiger partial charge in [0.15, 0.2) is 0 Å². The van der Waals surface area contributed by atoms with E-state index < -0.39 is 16.8 Å². The van der Waals surface area contributed by atoms with Gasteiger partial charge in [-0.25, -0.2) is 0 Å². The maximum absolute atomic E-state index is 11.6. The van der Waals surface area contributed by atoms with Gasteiger partial charge in [-0.15, -0.1) is 0 Å². The fraction of sp³-hybridized carbons (Fsp3) is 0.300. The lowest BCUT2D eigenvalue weighted by atomic mass is 10.4. The molecule has 0 amide bonds. The third-order valence-corrected chi connectivity index (χ3v) is 3.13. The minimum Gasteiger partial charge on any atom is -0.465 e. The fourth-order valence-electron chi connectivity index (χ4n) is 1.00. The normalized spacial score (nSPS) is 12.1. The van der Waals surface area contributed by atoms with Crippen LogP contribution in [0.25, 0.3) is 0 Å². The predicted molar refractivity (Wildman–Crippen MR) is 59.4 cm³/mol. The summed E-state index contributed by atoms with van der Waals surface area (Å²) in [6.07, 6.45) is 0. The summed E-state index contributed by atoms with van der Waals surface area (Å²) in [5.41, 5.74) is 0. The van der Waals surface area contributed by atoms with Crippen molar-refractivity contribution in [1.29, 1.82) is 0 Å². The third-order valence-electron chi connectivity index (χ3n) is 1.61. The van der Waals surface area contributed by atoms with Gasteiger partial charge in [0.2, 0.25) is 0 Å². The number of halogens is 1. The number of benzene rings is 1. The van der Waals surface area contributed by atoms with E-state index in [1.807, 2.05) is 0 Å². The monoisotopic (exact) mass is 246 g/mol. The van der Waals surface area contributed by atoms with Crippen LogP contribution in [0.1, 0.15) is 6.92 Å². The largest absolute Gasteiger partial charge is 0.465 e. The Balaban J connectivity index is 2.65. The molecule has 1 atom stereocenters. The van der Waals surface area contributed by atoms with Crippen molar-refractivity contribution in [2.45, 2.75) is 11.8 Å². The van der Waals surface area contributed by atoms with Crippen LogP contribution in [0.2, 0.25) is 5.02 Å². The highest BCUT2D eigenvalue weighted by Crippen LogP contribution is 2.14. The van der Waals surface area contributed by atoms with Crippen LogP contribution in [0.5, 0.6) is 0 Å². The highest BCUT2D eigenvalue weighted by molar-refractivity contribution is 7.85. The van der Waals surface area contributed by atoms with Crippen molar-refractivity contribution >= 4 is 28.4 Å². The minimum absolute atomic E-state index is 0.131. The average molecular weight is 247 g/mol. The molecule has 1 aromatic rings. The molecule has 0 saturated carbocycles. The number of carbonyl (C=O) groups excluding carboxylic acids is 1. The molecule has 0 radical (unpaired) electrons. The fourth-order valence-corrected chi connectivity index (χ4v) is 2.21. The SMILES string of the molecule is CCOC(=O)CS(=O)c1cccc(Cl)c1. The van der Waals surface area contributed by atoms with Crippen molar-refractivity contribution in [3.63, 3.8) is 0 Å². The molecule has 0 aliphatic rings. The van der Waals surface area contributed by atoms with E-state index in [1.54, 1.807) is 31.2 Å². The molecule has 1 aromatic carbocycles. The van der Waals surface area contributed by atoms with Gasteiger partial charge in [0, 0.05) is 9.92 Å². The maximum Gasteiger partial charge on any atom is 0.318 e. The molecule has 0 N–H and O–H groups in total. The lowest BCUT2D eigenvalue weighted by molar-refractivity contribution is -0.139. The van der Waals surface area contributed by atoms with Crippen molar-refractivity contribution in [3.8, 4) is 0 Å². The molecule has 82 valence electrons. The first-order chi connectivity index (χ1) is 7.13. The number of ether oxygens (including phenoxy) is 1. The lowest BCUT2D eigenvalue weighted by Gasteiger charge is -2.02. The van der Waals surface area contributed by atoms with Crippen LogP contribution < -0.4 is 0 Å². The second-order valence-corrected chi connectivity index (χ2v) is 4.64. The van der Waals surface area contributed by atoms with Gasteiger partial charge in [0.25, 0.3) is 0 Å². The van der Waals surface area contributed by atoms with Gasteiger partial charge in [0.05, 0.1) is 17.4 Å². The zero-order valence-corrected chi connectivity index (χ0v) is 9.81. The highest BCUT2D eigenvalue weighted by atomic mass is 35.5. The summed E-state index contributed by atoms with van der Waals surface area (Å²) in [5, 5.41) is 0.504. The summed E-state index contributed by atoms with van der Waals surface area (Å²) in [6.45, 7) is 2.01. The maximum atomic E-state index is 11.6. The first-order valence-electron chi connectivity index (χ1n) is 4.43. The molecule has 5 heteroatoms. The van der Waals surface area contributed by atoms with Crippen molar-refractivity contribution in [2.24, 2.45) is 0 Å². The van der Waals surface area contributed by atoms with Crippen molar-refractivity contribution in [1.82, 2.24) is 0 Å². The second kappa shape index (κ2) is 5.88. The van der Waals surface area contributed by atoms with E-state index in [0.29, 0.717) is 16.5 Å². The van der Waals surface area contributed by atoms with Crippen molar-refractivity contribution < 1.29 is 13.7 Å². The number of esters is 1. The van der Waals surface area contributed by atoms with Gasteiger partial charge < -0.3 is 4.74 Å². The van der Waals surface area contributed by atoms with Gasteiger partial charge in [0.1, 0.15) is 5.75 Å². The van der Waals surface area contributed by atoms with Crippen LogP contribution in [-0.2, 0) is 20.3 Å². The molecule has 0 fully saturated rings. The first kappa shape index (κ1) is 12.2. The standard InChI is InChI=1S/C10H11ClO3S/c1-2-14-10(12)7-15(13)9-5-3-4-8(11)6-9/h3-6H,2,7H2,1H3. The topological polar surface area (TPSA) is 43.4 Å². The Morgan fingerprint density at radius 3 is 2.87 bits per heavy atom. The Kier molecular flexibility index (Phi) is 4.78. The van der Waals surface area contributed by atoms with Gasteiger partial charge in [-0.3, -0.25) is 9.00 Å². The zero-order valence-electron chi connectivity index (χ0n) is 8.23. The van der Waals surface area contributed by atoms with Crippen LogP contribution in [0.3, 0.4) is 0 Å². The van der Waals surface area contributed by atoms with Crippen LogP contribution in [-0.4, -0.2) is 22.5 Å². The van der Waals surface area contributed by atoms with E-state index in [0.717, 1.165) is 0 Å². The number of rotatable bonds is 4. The van der Waals surface area contributed by atoms with E-state index in [2.05, 4.69) is 0 Å². The van der Waals surface area contributed by atoms with Crippen LogP contribution in [0.15, 0.2) is 29.2 Å². The predicted octanol–water partition coefficient (Wildman–Crippen LogP) is 2.01. The molecule has 0 saturated heterocycles. The van der Waals surface area contributed by atoms with Gasteiger partial charge >= 0.3 is 5.97 Å². The highest BCUT2D eigenvalue weighted by Gasteiger charge is 2.10. The van der Waals surface area contributed by atoms with Crippen molar-refractivity contribution in [2.75, 3.05) is 12.4 Å². The Morgan fingerprint density at radius 2 is 2.27 bits per heavy atom. The van der Waals surface area contributed by atoms with Crippen LogP contribution in [0, 0.1) is 0 Å². The molecule has 0 aliphatic carbocycles. The molecule has 0 aliphatic heterocycles. The first-order valence-corrected chi connectivity index (χ1v) is 6.12. The Bertz CT molecular complexity index is 379. The lowest BCUT2D eigenvalue weighted by Crippen LogP contribution is -2.13. The minimum atomic E-state index is -1.38. The Hall–Kier alpha value is -0.870. The molecule has 0 bridgehead atoms. The van der Waals surface area contributed by atoms with E-state index in [-0.39, 0.29) is 5.75 Å². The van der Waals surface area contributed by atoms with Gasteiger partial charge in [-0.05, 0) is 25.1 Å². The summed E-state index contributed by atoms with van der Waals surface area (Å²) >= 11 is 5.74. The van der Waals surface area contributed by atoms with Crippen LogP contribution >= 0.6 is 11.6 Å². The molecule has 0 aromatic heterocycles. The Morgan fingerprint density at radius 1 is 1.53 bits per heavy atom. The molecule has 1 rings (SSSR count). The van der Waals surface area contributed by atoms with Crippen LogP contribution in [0.4, 0.5) is 0 Å².